The smallest absolute Gasteiger partial charge is 0.302 e. The number of hydrogen-bond donors (Lipinski definition) is 2. The summed E-state index contributed by atoms with van der Waals surface area (Å²) in [7, 11) is 0. The Morgan fingerprint density at radius 2 is 1.68 bits per heavy atom. The van der Waals surface area contributed by atoms with E-state index in [1.807, 2.05) is 6.92 Å². The molecule has 0 aromatic carbocycles. The van der Waals surface area contributed by atoms with Gasteiger partial charge in [0.2, 0.25) is 0 Å². The number of aliphatic hydroxyl groups is 2. The Bertz CT molecular complexity index is 676. The van der Waals surface area contributed by atoms with E-state index >= 15 is 0 Å². The Hall–Kier alpha value is -0.940. The van der Waals surface area contributed by atoms with Gasteiger partial charge in [0.25, 0.3) is 0 Å². The van der Waals surface area contributed by atoms with Gasteiger partial charge in [0.15, 0.2) is 11.4 Å². The molecule has 4 fully saturated rings. The van der Waals surface area contributed by atoms with Gasteiger partial charge in [0.05, 0.1) is 6.10 Å². The number of rotatable bonds is 2. The maximum Gasteiger partial charge on any atom is 0.302 e. The van der Waals surface area contributed by atoms with Crippen LogP contribution in [0.1, 0.15) is 79.1 Å². The Kier molecular flexibility index (Phi) is 4.74. The van der Waals surface area contributed by atoms with Crippen molar-refractivity contribution in [2.24, 2.45) is 34.5 Å². The van der Waals surface area contributed by atoms with Gasteiger partial charge in [-0.25, -0.2) is 0 Å². The van der Waals surface area contributed by atoms with Crippen LogP contribution in [-0.2, 0) is 14.3 Å². The fourth-order valence-corrected chi connectivity index (χ4v) is 8.22. The van der Waals surface area contributed by atoms with Gasteiger partial charge >= 0.3 is 5.97 Å². The molecule has 9 atom stereocenters. The Morgan fingerprint density at radius 1 is 0.964 bits per heavy atom. The second-order valence-corrected chi connectivity index (χ2v) is 10.7. The molecule has 28 heavy (non-hydrogen) atoms. The molecule has 4 rings (SSSR count). The highest BCUT2D eigenvalue weighted by Gasteiger charge is 2.69. The Labute approximate surface area is 168 Å². The molecule has 158 valence electrons. The number of carbonyl (C=O) groups excluding carboxylic acids is 2. The number of fused-ring (bicyclic) bond motifs is 5. The lowest BCUT2D eigenvalue weighted by Crippen LogP contribution is -2.60. The highest BCUT2D eigenvalue weighted by Crippen LogP contribution is 2.68. The number of esters is 1. The third kappa shape index (κ3) is 2.57. The third-order valence-corrected chi connectivity index (χ3v) is 9.71. The maximum absolute atomic E-state index is 12.4. The lowest BCUT2D eigenvalue weighted by molar-refractivity contribution is -0.183. The molecule has 0 amide bonds. The predicted octanol–water partition coefficient (Wildman–Crippen LogP) is 3.25. The van der Waals surface area contributed by atoms with Gasteiger partial charge in [-0.3, -0.25) is 9.59 Å². The number of aliphatic hydroxyl groups excluding tert-OH is 1. The lowest BCUT2D eigenvalue weighted by atomic mass is 9.44. The maximum atomic E-state index is 12.4. The molecule has 0 saturated heterocycles. The molecule has 5 nitrogen and oxygen atoms in total. The van der Waals surface area contributed by atoms with Gasteiger partial charge in [-0.2, -0.15) is 0 Å². The summed E-state index contributed by atoms with van der Waals surface area (Å²) in [5.74, 6) is 1.30. The summed E-state index contributed by atoms with van der Waals surface area (Å²) in [5.41, 5.74) is -1.91. The van der Waals surface area contributed by atoms with Crippen molar-refractivity contribution >= 4 is 11.8 Å². The number of ether oxygens (including phenoxy) is 1. The topological polar surface area (TPSA) is 83.8 Å². The van der Waals surface area contributed by atoms with Crippen LogP contribution in [0.2, 0.25) is 0 Å². The molecule has 0 unspecified atom stereocenters. The zero-order valence-corrected chi connectivity index (χ0v) is 17.7. The van der Waals surface area contributed by atoms with Crippen molar-refractivity contribution in [3.63, 3.8) is 0 Å². The standard InChI is InChI=1S/C23H36O5/c1-13(24)23(27)20(26)12-19-17-6-5-15-11-16(28-14(2)25)7-9-21(15,3)18(17)8-10-22(19,23)4/h15-20,26-27H,5-12H2,1-4H3/t15-,16-,17-,18+,19+,20+,21-,22+,23-/m0/s1. The quantitative estimate of drug-likeness (QED) is 0.705. The predicted molar refractivity (Wildman–Crippen MR) is 104 cm³/mol. The van der Waals surface area contributed by atoms with Crippen molar-refractivity contribution < 1.29 is 24.5 Å². The summed E-state index contributed by atoms with van der Waals surface area (Å²) in [6, 6.07) is 0. The molecule has 0 bridgehead atoms. The van der Waals surface area contributed by atoms with Crippen LogP contribution >= 0.6 is 0 Å². The third-order valence-electron chi connectivity index (χ3n) is 9.71. The highest BCUT2D eigenvalue weighted by molar-refractivity contribution is 5.87. The van der Waals surface area contributed by atoms with Crippen LogP contribution in [0.3, 0.4) is 0 Å². The zero-order chi connectivity index (χ0) is 20.5. The molecular formula is C23H36O5. The van der Waals surface area contributed by atoms with Crippen LogP contribution in [-0.4, -0.2) is 39.8 Å². The van der Waals surface area contributed by atoms with Crippen LogP contribution in [0.5, 0.6) is 0 Å². The first-order valence-electron chi connectivity index (χ1n) is 11.1. The first kappa shape index (κ1) is 20.3. The average Bonchev–Trinajstić information content (AvgIpc) is 2.83. The molecule has 0 aromatic heterocycles. The summed E-state index contributed by atoms with van der Waals surface area (Å²) in [4.78, 5) is 23.8. The summed E-state index contributed by atoms with van der Waals surface area (Å²) in [6.45, 7) is 7.38. The minimum Gasteiger partial charge on any atom is -0.463 e. The molecule has 4 saturated carbocycles. The zero-order valence-electron chi connectivity index (χ0n) is 17.7. The molecule has 0 spiro atoms. The highest BCUT2D eigenvalue weighted by atomic mass is 16.5. The van der Waals surface area contributed by atoms with Gasteiger partial charge in [0, 0.05) is 12.3 Å². The molecule has 4 aliphatic carbocycles. The van der Waals surface area contributed by atoms with Crippen molar-refractivity contribution in [2.45, 2.75) is 96.9 Å². The van der Waals surface area contributed by atoms with Gasteiger partial charge in [0.1, 0.15) is 6.10 Å². The Balaban J connectivity index is 1.59. The average molecular weight is 393 g/mol. The summed E-state index contributed by atoms with van der Waals surface area (Å²) < 4.78 is 5.53. The van der Waals surface area contributed by atoms with Crippen molar-refractivity contribution in [3.8, 4) is 0 Å². The van der Waals surface area contributed by atoms with E-state index in [-0.39, 0.29) is 29.2 Å². The van der Waals surface area contributed by atoms with Gasteiger partial charge in [-0.15, -0.1) is 0 Å². The van der Waals surface area contributed by atoms with Crippen molar-refractivity contribution in [3.05, 3.63) is 0 Å². The summed E-state index contributed by atoms with van der Waals surface area (Å²) in [6.07, 6.45) is 6.58. The SMILES string of the molecule is CC(=O)O[C@H]1CC[C@@]2(C)[C@@H](CC[C@H]3[C@H]2CC[C@]2(C)[C@@H]3C[C@@H](O)[C@@]2(O)C(C)=O)C1. The second kappa shape index (κ2) is 6.53. The number of ketones is 1. The van der Waals surface area contributed by atoms with Crippen LogP contribution < -0.4 is 0 Å². The molecule has 0 aromatic rings. The first-order chi connectivity index (χ1) is 13.0. The monoisotopic (exact) mass is 392 g/mol. The van der Waals surface area contributed by atoms with Crippen LogP contribution in [0.15, 0.2) is 0 Å². The minimum atomic E-state index is -1.60. The van der Waals surface area contributed by atoms with Gasteiger partial charge < -0.3 is 14.9 Å². The fraction of sp³-hybridized carbons (Fsp3) is 0.913. The largest absolute Gasteiger partial charge is 0.463 e. The molecule has 0 heterocycles. The fourth-order valence-electron chi connectivity index (χ4n) is 8.22. The second-order valence-electron chi connectivity index (χ2n) is 10.7. The number of hydrogen-bond acceptors (Lipinski definition) is 5. The normalized spacial score (nSPS) is 52.9. The molecule has 0 aliphatic heterocycles. The lowest BCUT2D eigenvalue weighted by Gasteiger charge is -2.61. The van der Waals surface area contributed by atoms with E-state index in [0.717, 1.165) is 44.9 Å². The van der Waals surface area contributed by atoms with E-state index in [9.17, 15) is 19.8 Å². The number of Topliss-reactive ketones (excluding diaryl/α,β-unsaturated/α-hetero) is 1. The van der Waals surface area contributed by atoms with E-state index in [4.69, 9.17) is 4.74 Å². The van der Waals surface area contributed by atoms with Crippen molar-refractivity contribution in [2.75, 3.05) is 0 Å². The van der Waals surface area contributed by atoms with Gasteiger partial charge in [-0.1, -0.05) is 13.8 Å². The van der Waals surface area contributed by atoms with Crippen LogP contribution in [0, 0.1) is 34.5 Å². The van der Waals surface area contributed by atoms with E-state index in [1.165, 1.54) is 13.8 Å². The molecule has 0 radical (unpaired) electrons. The van der Waals surface area contributed by atoms with E-state index in [1.54, 1.807) is 0 Å². The molecule has 4 aliphatic rings. The molecule has 2 N–H and O–H groups in total. The Morgan fingerprint density at radius 3 is 2.32 bits per heavy atom. The van der Waals surface area contributed by atoms with Gasteiger partial charge in [-0.05, 0) is 87.4 Å². The van der Waals surface area contributed by atoms with E-state index < -0.39 is 17.1 Å². The van der Waals surface area contributed by atoms with Crippen LogP contribution in [0.25, 0.3) is 0 Å². The van der Waals surface area contributed by atoms with Crippen molar-refractivity contribution in [1.82, 2.24) is 0 Å². The van der Waals surface area contributed by atoms with Crippen LogP contribution in [0.4, 0.5) is 0 Å². The molecular weight excluding hydrogens is 356 g/mol. The first-order valence-corrected chi connectivity index (χ1v) is 11.1. The summed E-state index contributed by atoms with van der Waals surface area (Å²) >= 11 is 0. The number of carbonyl (C=O) groups is 2. The van der Waals surface area contributed by atoms with E-state index in [0.29, 0.717) is 24.2 Å². The van der Waals surface area contributed by atoms with E-state index in [2.05, 4.69) is 6.92 Å². The molecule has 5 heteroatoms. The minimum absolute atomic E-state index is 0.0529. The van der Waals surface area contributed by atoms with Crippen molar-refractivity contribution in [1.29, 1.82) is 0 Å². The summed E-state index contributed by atoms with van der Waals surface area (Å²) in [5, 5.41) is 21.9.